The molecule has 134 valence electrons. The number of rotatable bonds is 5. The molecule has 0 bridgehead atoms. The van der Waals surface area contributed by atoms with Crippen molar-refractivity contribution in [1.82, 2.24) is 5.43 Å². The third-order valence-electron chi connectivity index (χ3n) is 4.17. The topological polar surface area (TPSA) is 78.4 Å². The number of nitriles is 1. The van der Waals surface area contributed by atoms with Gasteiger partial charge in [-0.05, 0) is 49.2 Å². The van der Waals surface area contributed by atoms with Gasteiger partial charge in [0.2, 0.25) is 5.91 Å². The molecular formula is C22H19N3O2. The van der Waals surface area contributed by atoms with Crippen LogP contribution in [0.3, 0.4) is 0 Å². The van der Waals surface area contributed by atoms with E-state index in [4.69, 9.17) is 4.42 Å². The Morgan fingerprint density at radius 2 is 2.00 bits per heavy atom. The van der Waals surface area contributed by atoms with Crippen LogP contribution in [-0.2, 0) is 11.2 Å². The van der Waals surface area contributed by atoms with Crippen molar-refractivity contribution >= 4 is 12.1 Å². The Morgan fingerprint density at radius 1 is 1.19 bits per heavy atom. The molecule has 3 rings (SSSR count). The molecule has 1 N–H and O–H groups in total. The van der Waals surface area contributed by atoms with E-state index in [0.717, 1.165) is 16.7 Å². The standard InChI is InChI=1S/C22H19N3O2/c1-15-7-8-17(16(2)11-15)12-22(26)25-24-14-19-9-10-21(27-19)20-6-4-3-5-18(20)13-23/h3-11,14H,12H2,1-2H3,(H,25,26)/b24-14+. The molecule has 0 unspecified atom stereocenters. The number of benzene rings is 2. The molecule has 2 aromatic carbocycles. The lowest BCUT2D eigenvalue weighted by atomic mass is 10.0. The van der Waals surface area contributed by atoms with Gasteiger partial charge in [0.05, 0.1) is 24.3 Å². The number of carbonyl (C=O) groups is 1. The van der Waals surface area contributed by atoms with Gasteiger partial charge in [-0.2, -0.15) is 10.4 Å². The van der Waals surface area contributed by atoms with Crippen molar-refractivity contribution in [3.63, 3.8) is 0 Å². The summed E-state index contributed by atoms with van der Waals surface area (Å²) in [4.78, 5) is 12.1. The Balaban J connectivity index is 1.63. The molecule has 0 atom stereocenters. The van der Waals surface area contributed by atoms with Gasteiger partial charge >= 0.3 is 0 Å². The molecule has 0 aliphatic rings. The van der Waals surface area contributed by atoms with E-state index in [9.17, 15) is 10.1 Å². The van der Waals surface area contributed by atoms with Gasteiger partial charge in [0.25, 0.3) is 0 Å². The van der Waals surface area contributed by atoms with Crippen molar-refractivity contribution in [3.8, 4) is 17.4 Å². The van der Waals surface area contributed by atoms with E-state index in [1.165, 1.54) is 11.8 Å². The first-order valence-corrected chi connectivity index (χ1v) is 8.54. The molecule has 27 heavy (non-hydrogen) atoms. The maximum atomic E-state index is 12.1. The molecular weight excluding hydrogens is 338 g/mol. The van der Waals surface area contributed by atoms with Crippen LogP contribution in [0.4, 0.5) is 0 Å². The molecule has 0 aliphatic carbocycles. The largest absolute Gasteiger partial charge is 0.455 e. The van der Waals surface area contributed by atoms with Crippen LogP contribution < -0.4 is 5.43 Å². The van der Waals surface area contributed by atoms with E-state index >= 15 is 0 Å². The lowest BCUT2D eigenvalue weighted by Gasteiger charge is -2.05. The van der Waals surface area contributed by atoms with Crippen LogP contribution in [0.2, 0.25) is 0 Å². The molecule has 0 saturated heterocycles. The van der Waals surface area contributed by atoms with Crippen molar-refractivity contribution in [2.75, 3.05) is 0 Å². The normalized spacial score (nSPS) is 10.7. The van der Waals surface area contributed by atoms with Crippen LogP contribution in [0.25, 0.3) is 11.3 Å². The predicted octanol–water partition coefficient (Wildman–Crippen LogP) is 4.13. The molecule has 5 nitrogen and oxygen atoms in total. The van der Waals surface area contributed by atoms with Crippen LogP contribution in [0.5, 0.6) is 0 Å². The van der Waals surface area contributed by atoms with Crippen LogP contribution in [0.15, 0.2) is 64.1 Å². The highest BCUT2D eigenvalue weighted by molar-refractivity contribution is 5.82. The number of amides is 1. The Morgan fingerprint density at radius 3 is 2.78 bits per heavy atom. The minimum Gasteiger partial charge on any atom is -0.455 e. The third-order valence-corrected chi connectivity index (χ3v) is 4.17. The van der Waals surface area contributed by atoms with E-state index in [-0.39, 0.29) is 12.3 Å². The summed E-state index contributed by atoms with van der Waals surface area (Å²) in [5.74, 6) is 0.875. The monoisotopic (exact) mass is 357 g/mol. The van der Waals surface area contributed by atoms with Gasteiger partial charge in [0.15, 0.2) is 0 Å². The third kappa shape index (κ3) is 4.50. The Hall–Kier alpha value is -3.65. The van der Waals surface area contributed by atoms with Crippen molar-refractivity contribution in [1.29, 1.82) is 5.26 Å². The molecule has 0 radical (unpaired) electrons. The lowest BCUT2D eigenvalue weighted by molar-refractivity contribution is -0.120. The second kappa shape index (κ2) is 8.15. The van der Waals surface area contributed by atoms with Crippen LogP contribution >= 0.6 is 0 Å². The summed E-state index contributed by atoms with van der Waals surface area (Å²) in [6.07, 6.45) is 1.71. The highest BCUT2D eigenvalue weighted by atomic mass is 16.3. The maximum absolute atomic E-state index is 12.1. The van der Waals surface area contributed by atoms with Gasteiger partial charge in [-0.25, -0.2) is 5.43 Å². The van der Waals surface area contributed by atoms with E-state index in [0.29, 0.717) is 17.1 Å². The molecule has 5 heteroatoms. The van der Waals surface area contributed by atoms with Crippen molar-refractivity contribution in [3.05, 3.63) is 82.6 Å². The van der Waals surface area contributed by atoms with E-state index in [1.807, 2.05) is 38.1 Å². The highest BCUT2D eigenvalue weighted by Gasteiger charge is 2.08. The first-order valence-electron chi connectivity index (χ1n) is 8.54. The molecule has 1 heterocycles. The fourth-order valence-electron chi connectivity index (χ4n) is 2.79. The molecule has 0 fully saturated rings. The second-order valence-electron chi connectivity index (χ2n) is 6.26. The first kappa shape index (κ1) is 18.2. The zero-order chi connectivity index (χ0) is 19.2. The first-order chi connectivity index (χ1) is 13.1. The maximum Gasteiger partial charge on any atom is 0.244 e. The molecule has 0 aliphatic heterocycles. The van der Waals surface area contributed by atoms with Gasteiger partial charge in [-0.3, -0.25) is 4.79 Å². The fraction of sp³-hybridized carbons (Fsp3) is 0.136. The summed E-state index contributed by atoms with van der Waals surface area (Å²) in [6, 6.07) is 18.9. The van der Waals surface area contributed by atoms with Gasteiger partial charge in [-0.1, -0.05) is 35.9 Å². The van der Waals surface area contributed by atoms with E-state index in [2.05, 4.69) is 22.7 Å². The average Bonchev–Trinajstić information content (AvgIpc) is 3.13. The minimum atomic E-state index is -0.195. The number of nitrogens with one attached hydrogen (secondary N) is 1. The average molecular weight is 357 g/mol. The lowest BCUT2D eigenvalue weighted by Crippen LogP contribution is -2.20. The number of hydrogen-bond donors (Lipinski definition) is 1. The van der Waals surface area contributed by atoms with Crippen LogP contribution in [0, 0.1) is 25.2 Å². The van der Waals surface area contributed by atoms with Crippen molar-refractivity contribution < 1.29 is 9.21 Å². The Kier molecular flexibility index (Phi) is 5.48. The van der Waals surface area contributed by atoms with Crippen LogP contribution in [-0.4, -0.2) is 12.1 Å². The summed E-state index contributed by atoms with van der Waals surface area (Å²) < 4.78 is 5.69. The van der Waals surface area contributed by atoms with Gasteiger partial charge in [-0.15, -0.1) is 0 Å². The summed E-state index contributed by atoms with van der Waals surface area (Å²) in [5.41, 5.74) is 7.00. The van der Waals surface area contributed by atoms with Gasteiger partial charge in [0.1, 0.15) is 11.5 Å². The number of hydrazone groups is 1. The number of hydrogen-bond acceptors (Lipinski definition) is 4. The number of carbonyl (C=O) groups excluding carboxylic acids is 1. The summed E-state index contributed by atoms with van der Waals surface area (Å²) in [7, 11) is 0. The molecule has 0 saturated carbocycles. The van der Waals surface area contributed by atoms with Gasteiger partial charge in [0, 0.05) is 5.56 Å². The van der Waals surface area contributed by atoms with Gasteiger partial charge < -0.3 is 4.42 Å². The second-order valence-corrected chi connectivity index (χ2v) is 6.26. The predicted molar refractivity (Wildman–Crippen MR) is 104 cm³/mol. The summed E-state index contributed by atoms with van der Waals surface area (Å²) >= 11 is 0. The number of nitrogens with zero attached hydrogens (tertiary/aromatic N) is 2. The number of aryl methyl sites for hydroxylation is 2. The van der Waals surface area contributed by atoms with E-state index < -0.39 is 0 Å². The molecule has 1 amide bonds. The number of furan rings is 1. The zero-order valence-corrected chi connectivity index (χ0v) is 15.2. The van der Waals surface area contributed by atoms with Crippen LogP contribution in [0.1, 0.15) is 28.0 Å². The highest BCUT2D eigenvalue weighted by Crippen LogP contribution is 2.24. The van der Waals surface area contributed by atoms with Crippen molar-refractivity contribution in [2.45, 2.75) is 20.3 Å². The van der Waals surface area contributed by atoms with Crippen molar-refractivity contribution in [2.24, 2.45) is 5.10 Å². The summed E-state index contributed by atoms with van der Waals surface area (Å²) in [5, 5.41) is 13.1. The minimum absolute atomic E-state index is 0.195. The zero-order valence-electron chi connectivity index (χ0n) is 15.2. The Labute approximate surface area is 157 Å². The molecule has 3 aromatic rings. The van der Waals surface area contributed by atoms with E-state index in [1.54, 1.807) is 24.3 Å². The Bertz CT molecular complexity index is 1040. The SMILES string of the molecule is Cc1ccc(CC(=O)N/N=C/c2ccc(-c3ccccc3C#N)o2)c(C)c1. The molecule has 0 spiro atoms. The molecule has 1 aromatic heterocycles. The smallest absolute Gasteiger partial charge is 0.244 e. The summed E-state index contributed by atoms with van der Waals surface area (Å²) in [6.45, 7) is 4.01. The quantitative estimate of drug-likeness (QED) is 0.551. The fourth-order valence-corrected chi connectivity index (χ4v) is 2.79.